The Morgan fingerprint density at radius 3 is 3.08 bits per heavy atom. The van der Waals surface area contributed by atoms with Crippen LogP contribution in [-0.2, 0) is 0 Å². The molecule has 0 unspecified atom stereocenters. The molecule has 12 heavy (non-hydrogen) atoms. The lowest BCUT2D eigenvalue weighted by Gasteiger charge is -2.05. The number of ether oxygens (including phenoxy) is 1. The largest absolute Gasteiger partial charge is 0.489 e. The van der Waals surface area contributed by atoms with Crippen molar-refractivity contribution in [3.05, 3.63) is 21.9 Å². The molecule has 1 rings (SSSR count). The molecule has 3 nitrogen and oxygen atoms in total. The monoisotopic (exact) mass is 250 g/mol. The third-order valence-corrected chi connectivity index (χ3v) is 1.87. The van der Waals surface area contributed by atoms with E-state index >= 15 is 0 Å². The normalized spacial score (nSPS) is 9.92. The SMILES string of the molecule is NCCOc1cc(Br)cnc1Cl. The minimum atomic E-state index is 0.353. The van der Waals surface area contributed by atoms with Gasteiger partial charge in [0.25, 0.3) is 0 Å². The van der Waals surface area contributed by atoms with Gasteiger partial charge in [0.1, 0.15) is 6.61 Å². The molecule has 1 heterocycles. The Labute approximate surface area is 84.0 Å². The second-order valence-electron chi connectivity index (χ2n) is 2.08. The van der Waals surface area contributed by atoms with Crippen LogP contribution in [0.5, 0.6) is 5.75 Å². The first-order valence-electron chi connectivity index (χ1n) is 3.38. The van der Waals surface area contributed by atoms with E-state index in [1.807, 2.05) is 0 Å². The van der Waals surface area contributed by atoms with Crippen LogP contribution >= 0.6 is 27.5 Å². The van der Waals surface area contributed by atoms with Crippen molar-refractivity contribution in [3.63, 3.8) is 0 Å². The molecular weight excluding hydrogens is 243 g/mol. The summed E-state index contributed by atoms with van der Waals surface area (Å²) in [6, 6.07) is 1.75. The molecule has 0 saturated carbocycles. The second-order valence-corrected chi connectivity index (χ2v) is 3.35. The molecule has 0 spiro atoms. The molecule has 66 valence electrons. The highest BCUT2D eigenvalue weighted by Gasteiger charge is 2.02. The average Bonchev–Trinajstić information content (AvgIpc) is 2.07. The predicted octanol–water partition coefficient (Wildman–Crippen LogP) is 1.83. The highest BCUT2D eigenvalue weighted by Crippen LogP contribution is 2.24. The molecule has 0 atom stereocenters. The van der Waals surface area contributed by atoms with Crippen molar-refractivity contribution in [3.8, 4) is 5.75 Å². The fourth-order valence-corrected chi connectivity index (χ4v) is 1.14. The standard InChI is InChI=1S/C7H8BrClN2O/c8-5-3-6(12-2-1-10)7(9)11-4-5/h3-4H,1-2,10H2. The average molecular weight is 252 g/mol. The minimum absolute atomic E-state index is 0.353. The van der Waals surface area contributed by atoms with E-state index < -0.39 is 0 Å². The maximum atomic E-state index is 5.73. The maximum Gasteiger partial charge on any atom is 0.171 e. The predicted molar refractivity (Wildman–Crippen MR) is 51.5 cm³/mol. The van der Waals surface area contributed by atoms with Crippen molar-refractivity contribution in [2.24, 2.45) is 5.73 Å². The summed E-state index contributed by atoms with van der Waals surface area (Å²) >= 11 is 8.99. The Morgan fingerprint density at radius 2 is 2.42 bits per heavy atom. The highest BCUT2D eigenvalue weighted by atomic mass is 79.9. The molecule has 1 aromatic rings. The van der Waals surface area contributed by atoms with E-state index in [9.17, 15) is 0 Å². The van der Waals surface area contributed by atoms with E-state index in [2.05, 4.69) is 20.9 Å². The van der Waals surface area contributed by atoms with Gasteiger partial charge in [-0.05, 0) is 22.0 Å². The van der Waals surface area contributed by atoms with Gasteiger partial charge in [-0.3, -0.25) is 0 Å². The van der Waals surface area contributed by atoms with E-state index in [4.69, 9.17) is 22.1 Å². The molecule has 0 saturated heterocycles. The number of rotatable bonds is 3. The van der Waals surface area contributed by atoms with E-state index in [1.54, 1.807) is 12.3 Å². The molecule has 2 N–H and O–H groups in total. The lowest BCUT2D eigenvalue weighted by Crippen LogP contribution is -2.10. The molecule has 5 heteroatoms. The van der Waals surface area contributed by atoms with Crippen LogP contribution in [0.2, 0.25) is 5.15 Å². The van der Waals surface area contributed by atoms with Crippen molar-refractivity contribution >= 4 is 27.5 Å². The van der Waals surface area contributed by atoms with Crippen molar-refractivity contribution in [1.29, 1.82) is 0 Å². The van der Waals surface area contributed by atoms with Gasteiger partial charge < -0.3 is 10.5 Å². The van der Waals surface area contributed by atoms with Crippen LogP contribution in [0.25, 0.3) is 0 Å². The van der Waals surface area contributed by atoms with Crippen LogP contribution < -0.4 is 10.5 Å². The van der Waals surface area contributed by atoms with Gasteiger partial charge in [0.05, 0.1) is 0 Å². The van der Waals surface area contributed by atoms with Crippen LogP contribution in [0, 0.1) is 0 Å². The summed E-state index contributed by atoms with van der Waals surface area (Å²) in [6.07, 6.45) is 1.61. The number of hydrogen-bond donors (Lipinski definition) is 1. The van der Waals surface area contributed by atoms with Gasteiger partial charge in [0.2, 0.25) is 0 Å². The lowest BCUT2D eigenvalue weighted by molar-refractivity contribution is 0.327. The maximum absolute atomic E-state index is 5.73. The molecule has 0 bridgehead atoms. The van der Waals surface area contributed by atoms with Gasteiger partial charge in [-0.25, -0.2) is 4.98 Å². The minimum Gasteiger partial charge on any atom is -0.489 e. The quantitative estimate of drug-likeness (QED) is 0.834. The zero-order chi connectivity index (χ0) is 8.97. The van der Waals surface area contributed by atoms with E-state index in [0.29, 0.717) is 24.1 Å². The third-order valence-electron chi connectivity index (χ3n) is 1.15. The molecule has 0 radical (unpaired) electrons. The zero-order valence-corrected chi connectivity index (χ0v) is 8.60. The third kappa shape index (κ3) is 2.62. The molecule has 0 aliphatic heterocycles. The summed E-state index contributed by atoms with van der Waals surface area (Å²) in [7, 11) is 0. The Balaban J connectivity index is 2.75. The number of halogens is 2. The smallest absolute Gasteiger partial charge is 0.171 e. The van der Waals surface area contributed by atoms with Gasteiger partial charge in [-0.2, -0.15) is 0 Å². The van der Waals surface area contributed by atoms with Crippen LogP contribution in [0.4, 0.5) is 0 Å². The van der Waals surface area contributed by atoms with Gasteiger partial charge in [0, 0.05) is 17.2 Å². The first-order valence-corrected chi connectivity index (χ1v) is 4.55. The number of pyridine rings is 1. The first-order chi connectivity index (χ1) is 5.74. The van der Waals surface area contributed by atoms with E-state index in [1.165, 1.54) is 0 Å². The Hall–Kier alpha value is -0.320. The van der Waals surface area contributed by atoms with E-state index in [-0.39, 0.29) is 0 Å². The topological polar surface area (TPSA) is 48.1 Å². The Morgan fingerprint density at radius 1 is 1.67 bits per heavy atom. The highest BCUT2D eigenvalue weighted by molar-refractivity contribution is 9.10. The number of nitrogens with zero attached hydrogens (tertiary/aromatic N) is 1. The summed E-state index contributed by atoms with van der Waals surface area (Å²) in [5.41, 5.74) is 5.26. The number of hydrogen-bond acceptors (Lipinski definition) is 3. The summed E-state index contributed by atoms with van der Waals surface area (Å²) < 4.78 is 6.05. The summed E-state index contributed by atoms with van der Waals surface area (Å²) in [5.74, 6) is 0.552. The van der Waals surface area contributed by atoms with Crippen LogP contribution in [0.15, 0.2) is 16.7 Å². The van der Waals surface area contributed by atoms with Crippen LogP contribution in [-0.4, -0.2) is 18.1 Å². The van der Waals surface area contributed by atoms with Crippen molar-refractivity contribution in [2.75, 3.05) is 13.2 Å². The zero-order valence-electron chi connectivity index (χ0n) is 6.26. The number of aromatic nitrogens is 1. The second kappa shape index (κ2) is 4.64. The first kappa shape index (κ1) is 9.77. The molecule has 0 aromatic carbocycles. The number of nitrogens with two attached hydrogens (primary N) is 1. The summed E-state index contributed by atoms with van der Waals surface area (Å²) in [6.45, 7) is 0.903. The molecule has 0 aliphatic carbocycles. The molecule has 0 fully saturated rings. The van der Waals surface area contributed by atoms with Crippen LogP contribution in [0.1, 0.15) is 0 Å². The summed E-state index contributed by atoms with van der Waals surface area (Å²) in [5, 5.41) is 0.353. The van der Waals surface area contributed by atoms with Gasteiger partial charge in [-0.1, -0.05) is 11.6 Å². The van der Waals surface area contributed by atoms with Gasteiger partial charge in [-0.15, -0.1) is 0 Å². The van der Waals surface area contributed by atoms with Crippen molar-refractivity contribution < 1.29 is 4.74 Å². The molecular formula is C7H8BrClN2O. The fraction of sp³-hybridized carbons (Fsp3) is 0.286. The summed E-state index contributed by atoms with van der Waals surface area (Å²) in [4.78, 5) is 3.88. The fourth-order valence-electron chi connectivity index (χ4n) is 0.674. The van der Waals surface area contributed by atoms with Gasteiger partial charge in [0.15, 0.2) is 10.9 Å². The molecule has 1 aromatic heterocycles. The lowest BCUT2D eigenvalue weighted by atomic mass is 10.4. The molecule has 0 amide bonds. The Kier molecular flexibility index (Phi) is 3.78. The van der Waals surface area contributed by atoms with Crippen molar-refractivity contribution in [2.45, 2.75) is 0 Å². The van der Waals surface area contributed by atoms with E-state index in [0.717, 1.165) is 4.47 Å². The Bertz CT molecular complexity index is 270. The van der Waals surface area contributed by atoms with Crippen LogP contribution in [0.3, 0.4) is 0 Å². The van der Waals surface area contributed by atoms with Crippen molar-refractivity contribution in [1.82, 2.24) is 4.98 Å². The molecule has 0 aliphatic rings. The van der Waals surface area contributed by atoms with Gasteiger partial charge >= 0.3 is 0 Å².